The van der Waals surface area contributed by atoms with E-state index >= 15 is 0 Å². The Hall–Kier alpha value is -2.15. The molecule has 6 nitrogen and oxygen atoms in total. The van der Waals surface area contributed by atoms with Gasteiger partial charge in [0, 0.05) is 17.6 Å². The van der Waals surface area contributed by atoms with E-state index in [0.717, 1.165) is 11.3 Å². The van der Waals surface area contributed by atoms with Crippen molar-refractivity contribution in [2.75, 3.05) is 11.9 Å². The molecule has 0 aliphatic rings. The monoisotopic (exact) mass is 321 g/mol. The number of nitrogens with one attached hydrogen (secondary N) is 1. The average molecular weight is 321 g/mol. The molecule has 2 aromatic rings. The molecule has 0 atom stereocenters. The van der Waals surface area contributed by atoms with Crippen LogP contribution in [0.3, 0.4) is 0 Å². The molecule has 0 saturated carbocycles. The van der Waals surface area contributed by atoms with Crippen LogP contribution >= 0.6 is 11.3 Å². The molecule has 1 N–H and O–H groups in total. The van der Waals surface area contributed by atoms with Crippen molar-refractivity contribution in [3.8, 4) is 0 Å². The zero-order valence-electron chi connectivity index (χ0n) is 12.9. The van der Waals surface area contributed by atoms with E-state index in [1.807, 2.05) is 13.8 Å². The van der Waals surface area contributed by atoms with Crippen molar-refractivity contribution in [2.24, 2.45) is 0 Å². The van der Waals surface area contributed by atoms with Crippen LogP contribution in [0, 0.1) is 0 Å². The number of esters is 1. The summed E-state index contributed by atoms with van der Waals surface area (Å²) in [7, 11) is 0. The van der Waals surface area contributed by atoms with Crippen LogP contribution < -0.4 is 5.32 Å². The maximum Gasteiger partial charge on any atom is 0.341 e. The first kappa shape index (κ1) is 16.2. The highest BCUT2D eigenvalue weighted by Crippen LogP contribution is 2.29. The number of thiophene rings is 1. The lowest BCUT2D eigenvalue weighted by molar-refractivity contribution is 0.0528. The minimum atomic E-state index is -0.419. The molecule has 0 bridgehead atoms. The van der Waals surface area contributed by atoms with Crippen molar-refractivity contribution in [2.45, 2.75) is 33.7 Å². The van der Waals surface area contributed by atoms with Crippen LogP contribution in [0.15, 0.2) is 18.5 Å². The smallest absolute Gasteiger partial charge is 0.341 e. The Kier molecular flexibility index (Phi) is 5.32. The minimum absolute atomic E-state index is 0.283. The first-order valence-electron chi connectivity index (χ1n) is 7.22. The normalized spacial score (nSPS) is 10.5. The van der Waals surface area contributed by atoms with Crippen molar-refractivity contribution < 1.29 is 14.3 Å². The predicted octanol–water partition coefficient (Wildman–Crippen LogP) is 2.96. The van der Waals surface area contributed by atoms with E-state index in [2.05, 4.69) is 10.4 Å². The molecule has 0 aromatic carbocycles. The van der Waals surface area contributed by atoms with Crippen LogP contribution in [-0.2, 0) is 17.7 Å². The fourth-order valence-electron chi connectivity index (χ4n) is 1.90. The second kappa shape index (κ2) is 7.22. The van der Waals surface area contributed by atoms with Crippen molar-refractivity contribution in [1.29, 1.82) is 0 Å². The average Bonchev–Trinajstić information content (AvgIpc) is 3.13. The number of aryl methyl sites for hydroxylation is 2. The molecule has 2 heterocycles. The number of anilines is 1. The van der Waals surface area contributed by atoms with Gasteiger partial charge in [-0.25, -0.2) is 4.79 Å². The summed E-state index contributed by atoms with van der Waals surface area (Å²) in [5.74, 6) is -0.701. The molecule has 0 aliphatic heterocycles. The van der Waals surface area contributed by atoms with Crippen molar-refractivity contribution in [3.63, 3.8) is 0 Å². The Labute approximate surface area is 133 Å². The Balaban J connectivity index is 2.22. The second-order valence-electron chi connectivity index (χ2n) is 4.57. The summed E-state index contributed by atoms with van der Waals surface area (Å²) < 4.78 is 6.71. The summed E-state index contributed by atoms with van der Waals surface area (Å²) in [4.78, 5) is 25.3. The van der Waals surface area contributed by atoms with Gasteiger partial charge in [0.15, 0.2) is 0 Å². The van der Waals surface area contributed by atoms with Crippen LogP contribution in [0.4, 0.5) is 5.00 Å². The second-order valence-corrected chi connectivity index (χ2v) is 5.71. The maximum absolute atomic E-state index is 12.3. The number of carbonyl (C=O) groups is 2. The summed E-state index contributed by atoms with van der Waals surface area (Å²) in [5.41, 5.74) is 0.864. The van der Waals surface area contributed by atoms with Gasteiger partial charge in [-0.05, 0) is 26.3 Å². The highest BCUT2D eigenvalue weighted by Gasteiger charge is 2.19. The van der Waals surface area contributed by atoms with Crippen LogP contribution in [0.1, 0.15) is 46.4 Å². The lowest BCUT2D eigenvalue weighted by Crippen LogP contribution is -2.13. The molecule has 0 radical (unpaired) electrons. The van der Waals surface area contributed by atoms with Crippen LogP contribution in [0.25, 0.3) is 0 Å². The Morgan fingerprint density at radius 3 is 2.73 bits per heavy atom. The summed E-state index contributed by atoms with van der Waals surface area (Å²) in [5, 5.41) is 7.38. The molecule has 0 unspecified atom stereocenters. The summed E-state index contributed by atoms with van der Waals surface area (Å²) >= 11 is 1.39. The first-order chi connectivity index (χ1) is 10.6. The zero-order valence-corrected chi connectivity index (χ0v) is 13.7. The van der Waals surface area contributed by atoms with Crippen molar-refractivity contribution in [1.82, 2.24) is 9.78 Å². The minimum Gasteiger partial charge on any atom is -0.462 e. The molecule has 0 spiro atoms. The summed E-state index contributed by atoms with van der Waals surface area (Å²) in [6.07, 6.45) is 3.98. The SMILES string of the molecule is CCOC(=O)c1cc(CC)sc1NC(=O)c1cnn(CC)c1. The molecule has 7 heteroatoms. The quantitative estimate of drug-likeness (QED) is 0.830. The Bertz CT molecular complexity index is 675. The van der Waals surface area contributed by atoms with E-state index in [0.29, 0.717) is 29.3 Å². The van der Waals surface area contributed by atoms with E-state index in [1.54, 1.807) is 23.9 Å². The standard InChI is InChI=1S/C15H19N3O3S/c1-4-11-7-12(15(20)21-6-3)14(22-11)17-13(19)10-8-16-18(5-2)9-10/h7-9H,4-6H2,1-3H3,(H,17,19). The number of rotatable bonds is 6. The van der Waals surface area contributed by atoms with Gasteiger partial charge in [-0.1, -0.05) is 6.92 Å². The molecular formula is C15H19N3O3S. The molecule has 0 saturated heterocycles. The number of aromatic nitrogens is 2. The van der Waals surface area contributed by atoms with E-state index in [-0.39, 0.29) is 5.91 Å². The molecule has 1 amide bonds. The lowest BCUT2D eigenvalue weighted by Gasteiger charge is -2.04. The van der Waals surface area contributed by atoms with Gasteiger partial charge in [0.05, 0.1) is 23.9 Å². The molecule has 0 aliphatic carbocycles. The highest BCUT2D eigenvalue weighted by molar-refractivity contribution is 7.16. The molecular weight excluding hydrogens is 302 g/mol. The van der Waals surface area contributed by atoms with E-state index < -0.39 is 5.97 Å². The van der Waals surface area contributed by atoms with Gasteiger partial charge >= 0.3 is 5.97 Å². The van der Waals surface area contributed by atoms with Gasteiger partial charge in [0.25, 0.3) is 5.91 Å². The number of hydrogen-bond donors (Lipinski definition) is 1. The molecule has 118 valence electrons. The van der Waals surface area contributed by atoms with Crippen molar-refractivity contribution in [3.05, 3.63) is 34.5 Å². The number of ether oxygens (including phenoxy) is 1. The zero-order chi connectivity index (χ0) is 16.1. The number of carbonyl (C=O) groups excluding carboxylic acids is 2. The first-order valence-corrected chi connectivity index (χ1v) is 8.04. The van der Waals surface area contributed by atoms with Gasteiger partial charge in [0.2, 0.25) is 0 Å². The van der Waals surface area contributed by atoms with Gasteiger partial charge in [0.1, 0.15) is 5.00 Å². The molecule has 0 fully saturated rings. The lowest BCUT2D eigenvalue weighted by atomic mass is 10.2. The van der Waals surface area contributed by atoms with Gasteiger partial charge < -0.3 is 10.1 Å². The van der Waals surface area contributed by atoms with Crippen LogP contribution in [-0.4, -0.2) is 28.3 Å². The number of amides is 1. The van der Waals surface area contributed by atoms with Crippen molar-refractivity contribution >= 4 is 28.2 Å². The van der Waals surface area contributed by atoms with Gasteiger partial charge in [-0.2, -0.15) is 5.10 Å². The molecule has 22 heavy (non-hydrogen) atoms. The largest absolute Gasteiger partial charge is 0.462 e. The summed E-state index contributed by atoms with van der Waals surface area (Å²) in [6.45, 7) is 6.69. The molecule has 2 aromatic heterocycles. The van der Waals surface area contributed by atoms with E-state index in [1.165, 1.54) is 17.5 Å². The number of hydrogen-bond acceptors (Lipinski definition) is 5. The third-order valence-corrected chi connectivity index (χ3v) is 4.27. The summed E-state index contributed by atoms with van der Waals surface area (Å²) in [6, 6.07) is 1.77. The third kappa shape index (κ3) is 3.54. The van der Waals surface area contributed by atoms with Gasteiger partial charge in [-0.15, -0.1) is 11.3 Å². The Morgan fingerprint density at radius 2 is 2.14 bits per heavy atom. The number of nitrogens with zero attached hydrogens (tertiary/aromatic N) is 2. The predicted molar refractivity (Wildman–Crippen MR) is 85.5 cm³/mol. The Morgan fingerprint density at radius 1 is 1.36 bits per heavy atom. The highest BCUT2D eigenvalue weighted by atomic mass is 32.1. The van der Waals surface area contributed by atoms with E-state index in [4.69, 9.17) is 4.74 Å². The van der Waals surface area contributed by atoms with Gasteiger partial charge in [-0.3, -0.25) is 9.48 Å². The van der Waals surface area contributed by atoms with Crippen LogP contribution in [0.2, 0.25) is 0 Å². The maximum atomic E-state index is 12.3. The third-order valence-electron chi connectivity index (χ3n) is 3.07. The van der Waals surface area contributed by atoms with E-state index in [9.17, 15) is 9.59 Å². The van der Waals surface area contributed by atoms with Crippen LogP contribution in [0.5, 0.6) is 0 Å². The fourth-order valence-corrected chi connectivity index (χ4v) is 2.88. The fraction of sp³-hybridized carbons (Fsp3) is 0.400. The molecule has 2 rings (SSSR count). The topological polar surface area (TPSA) is 73.2 Å².